The quantitative estimate of drug-likeness (QED) is 0.340. The van der Waals surface area contributed by atoms with Crippen molar-refractivity contribution in [3.8, 4) is 0 Å². The lowest BCUT2D eigenvalue weighted by Crippen LogP contribution is -2.17. The molecule has 2 amide bonds. The van der Waals surface area contributed by atoms with Gasteiger partial charge in [-0.05, 0) is 54.6 Å². The third-order valence-corrected chi connectivity index (χ3v) is 5.54. The van der Waals surface area contributed by atoms with E-state index in [4.69, 9.17) is 16.7 Å². The van der Waals surface area contributed by atoms with E-state index < -0.39 is 23.4 Å². The number of halogens is 1. The zero-order valence-electron chi connectivity index (χ0n) is 16.9. The van der Waals surface area contributed by atoms with Crippen molar-refractivity contribution in [3.05, 3.63) is 88.4 Å². The number of amides is 2. The van der Waals surface area contributed by atoms with E-state index in [1.807, 2.05) is 0 Å². The Hall–Kier alpha value is -3.82. The molecule has 0 aromatic heterocycles. The van der Waals surface area contributed by atoms with E-state index in [2.05, 4.69) is 10.6 Å². The van der Waals surface area contributed by atoms with Gasteiger partial charge in [-0.1, -0.05) is 23.7 Å². The van der Waals surface area contributed by atoms with Crippen LogP contribution in [0.4, 0.5) is 11.4 Å². The van der Waals surface area contributed by atoms with E-state index >= 15 is 0 Å². The summed E-state index contributed by atoms with van der Waals surface area (Å²) in [6, 6.07) is 16.7. The Labute approximate surface area is 197 Å². The minimum absolute atomic E-state index is 0.115. The third-order valence-electron chi connectivity index (χ3n) is 4.31. The van der Waals surface area contributed by atoms with Crippen LogP contribution in [-0.2, 0) is 4.79 Å². The number of nitrogens with one attached hydrogen (secondary N) is 2. The van der Waals surface area contributed by atoms with E-state index in [1.165, 1.54) is 11.8 Å². The lowest BCUT2D eigenvalue weighted by Gasteiger charge is -2.10. The summed E-state index contributed by atoms with van der Waals surface area (Å²) in [6.45, 7) is 0. The topological polar surface area (TPSA) is 133 Å². The summed E-state index contributed by atoms with van der Waals surface area (Å²) in [6.07, 6.45) is 0. The van der Waals surface area contributed by atoms with Gasteiger partial charge >= 0.3 is 11.9 Å². The van der Waals surface area contributed by atoms with Crippen molar-refractivity contribution >= 4 is 58.5 Å². The van der Waals surface area contributed by atoms with Gasteiger partial charge in [0.05, 0.1) is 22.4 Å². The van der Waals surface area contributed by atoms with E-state index in [9.17, 15) is 24.3 Å². The Morgan fingerprint density at radius 1 is 0.788 bits per heavy atom. The number of carboxylic acid groups (broad SMARTS) is 2. The van der Waals surface area contributed by atoms with Crippen molar-refractivity contribution < 1.29 is 29.4 Å². The second-order valence-corrected chi connectivity index (χ2v) is 8.19. The van der Waals surface area contributed by atoms with Crippen LogP contribution in [0, 0.1) is 0 Å². The van der Waals surface area contributed by atoms with Crippen LogP contribution in [0.5, 0.6) is 0 Å². The molecular formula is C23H17ClN2O6S. The minimum Gasteiger partial charge on any atom is -0.478 e. The number of rotatable bonds is 8. The summed E-state index contributed by atoms with van der Waals surface area (Å²) in [5.41, 5.74) is 0.136. The molecule has 0 aliphatic heterocycles. The summed E-state index contributed by atoms with van der Waals surface area (Å²) in [5, 5.41) is 24.2. The van der Waals surface area contributed by atoms with Crippen LogP contribution in [0.25, 0.3) is 0 Å². The highest BCUT2D eigenvalue weighted by Gasteiger charge is 2.19. The molecule has 0 radical (unpaired) electrons. The van der Waals surface area contributed by atoms with Gasteiger partial charge in [0.2, 0.25) is 5.91 Å². The Morgan fingerprint density at radius 3 is 2.15 bits per heavy atom. The average molecular weight is 485 g/mol. The normalized spacial score (nSPS) is 10.3. The maximum atomic E-state index is 12.6. The molecule has 0 atom stereocenters. The first kappa shape index (κ1) is 23.8. The Kier molecular flexibility index (Phi) is 7.70. The maximum absolute atomic E-state index is 12.6. The second kappa shape index (κ2) is 10.7. The van der Waals surface area contributed by atoms with Gasteiger partial charge in [0, 0.05) is 21.3 Å². The van der Waals surface area contributed by atoms with Crippen LogP contribution < -0.4 is 10.6 Å². The summed E-state index contributed by atoms with van der Waals surface area (Å²) in [5.74, 6) is -3.54. The van der Waals surface area contributed by atoms with Gasteiger partial charge in [-0.15, -0.1) is 11.8 Å². The largest absolute Gasteiger partial charge is 0.478 e. The van der Waals surface area contributed by atoms with Crippen molar-refractivity contribution in [2.24, 2.45) is 0 Å². The van der Waals surface area contributed by atoms with Gasteiger partial charge in [0.1, 0.15) is 0 Å². The summed E-state index contributed by atoms with van der Waals surface area (Å²) >= 11 is 7.15. The molecule has 0 unspecified atom stereocenters. The molecule has 0 saturated carbocycles. The smallest absolute Gasteiger partial charge is 0.336 e. The van der Waals surface area contributed by atoms with Crippen LogP contribution in [-0.4, -0.2) is 39.7 Å². The van der Waals surface area contributed by atoms with E-state index in [0.717, 1.165) is 18.2 Å². The number of carbonyl (C=O) groups is 4. The molecule has 8 nitrogen and oxygen atoms in total. The molecule has 3 aromatic carbocycles. The van der Waals surface area contributed by atoms with Gasteiger partial charge in [-0.3, -0.25) is 9.59 Å². The zero-order chi connectivity index (χ0) is 24.0. The van der Waals surface area contributed by atoms with E-state index in [1.54, 1.807) is 48.5 Å². The lowest BCUT2D eigenvalue weighted by molar-refractivity contribution is -0.113. The first-order chi connectivity index (χ1) is 15.7. The van der Waals surface area contributed by atoms with Crippen molar-refractivity contribution in [3.63, 3.8) is 0 Å². The van der Waals surface area contributed by atoms with Crippen molar-refractivity contribution in [1.29, 1.82) is 0 Å². The summed E-state index contributed by atoms with van der Waals surface area (Å²) in [7, 11) is 0. The zero-order valence-corrected chi connectivity index (χ0v) is 18.4. The second-order valence-electron chi connectivity index (χ2n) is 6.70. The van der Waals surface area contributed by atoms with Gasteiger partial charge in [0.15, 0.2) is 0 Å². The molecule has 0 heterocycles. The fourth-order valence-electron chi connectivity index (χ4n) is 2.83. The SMILES string of the molecule is O=C(CSc1cccc(NC(=O)c2ccc(C(=O)O)cc2C(=O)O)c1)Nc1cccc(Cl)c1. The Morgan fingerprint density at radius 2 is 1.48 bits per heavy atom. The Bertz CT molecular complexity index is 1250. The van der Waals surface area contributed by atoms with Gasteiger partial charge in [-0.2, -0.15) is 0 Å². The lowest BCUT2D eigenvalue weighted by atomic mass is 10.0. The number of thioether (sulfide) groups is 1. The number of carboxylic acids is 2. The van der Waals surface area contributed by atoms with Crippen molar-refractivity contribution in [2.75, 3.05) is 16.4 Å². The summed E-state index contributed by atoms with van der Waals surface area (Å²) < 4.78 is 0. The molecule has 0 aliphatic carbocycles. The number of aromatic carboxylic acids is 2. The molecular weight excluding hydrogens is 468 g/mol. The predicted octanol–water partition coefficient (Wildman–Crippen LogP) is 4.72. The average Bonchev–Trinajstić information content (AvgIpc) is 2.77. The standard InChI is InChI=1S/C23H17ClN2O6S/c24-14-3-1-4-15(10-14)25-20(27)12-33-17-6-2-5-16(11-17)26-21(28)18-8-7-13(22(29)30)9-19(18)23(31)32/h1-11H,12H2,(H,25,27)(H,26,28)(H,29,30)(H,31,32). The molecule has 168 valence electrons. The minimum atomic E-state index is -1.42. The predicted molar refractivity (Wildman–Crippen MR) is 126 cm³/mol. The first-order valence-corrected chi connectivity index (χ1v) is 10.8. The highest BCUT2D eigenvalue weighted by atomic mass is 35.5. The fourth-order valence-corrected chi connectivity index (χ4v) is 3.77. The maximum Gasteiger partial charge on any atom is 0.336 e. The van der Waals surface area contributed by atoms with Crippen LogP contribution >= 0.6 is 23.4 Å². The molecule has 0 spiro atoms. The van der Waals surface area contributed by atoms with E-state index in [-0.39, 0.29) is 22.8 Å². The first-order valence-electron chi connectivity index (χ1n) is 9.43. The Balaban J connectivity index is 1.66. The molecule has 0 saturated heterocycles. The molecule has 4 N–H and O–H groups in total. The van der Waals surface area contributed by atoms with Gasteiger partial charge in [0.25, 0.3) is 5.91 Å². The van der Waals surface area contributed by atoms with E-state index in [0.29, 0.717) is 21.3 Å². The molecule has 33 heavy (non-hydrogen) atoms. The summed E-state index contributed by atoms with van der Waals surface area (Å²) in [4.78, 5) is 48.1. The van der Waals surface area contributed by atoms with Crippen molar-refractivity contribution in [2.45, 2.75) is 4.90 Å². The van der Waals surface area contributed by atoms with Gasteiger partial charge < -0.3 is 20.8 Å². The highest BCUT2D eigenvalue weighted by molar-refractivity contribution is 8.00. The monoisotopic (exact) mass is 484 g/mol. The van der Waals surface area contributed by atoms with Crippen LogP contribution in [0.3, 0.4) is 0 Å². The molecule has 3 rings (SSSR count). The molecule has 3 aromatic rings. The molecule has 0 bridgehead atoms. The van der Waals surface area contributed by atoms with Gasteiger partial charge in [-0.25, -0.2) is 9.59 Å². The number of hydrogen-bond acceptors (Lipinski definition) is 5. The van der Waals surface area contributed by atoms with Crippen LogP contribution in [0.2, 0.25) is 5.02 Å². The number of hydrogen-bond donors (Lipinski definition) is 4. The molecule has 0 fully saturated rings. The van der Waals surface area contributed by atoms with Crippen LogP contribution in [0.15, 0.2) is 71.6 Å². The fraction of sp³-hybridized carbons (Fsp3) is 0.0435. The highest BCUT2D eigenvalue weighted by Crippen LogP contribution is 2.23. The number of benzene rings is 3. The number of carbonyl (C=O) groups excluding carboxylic acids is 2. The molecule has 10 heteroatoms. The molecule has 0 aliphatic rings. The van der Waals surface area contributed by atoms with Crippen LogP contribution in [0.1, 0.15) is 31.1 Å². The number of anilines is 2. The third kappa shape index (κ3) is 6.58. The van der Waals surface area contributed by atoms with Crippen molar-refractivity contribution in [1.82, 2.24) is 0 Å².